The van der Waals surface area contributed by atoms with Crippen molar-refractivity contribution in [2.75, 3.05) is 14.2 Å². The van der Waals surface area contributed by atoms with Gasteiger partial charge < -0.3 is 9.47 Å². The lowest BCUT2D eigenvalue weighted by atomic mass is 9.84. The molecular weight excluding hydrogens is 282 g/mol. The molecule has 5 nitrogen and oxygen atoms in total. The molecule has 1 aromatic rings. The van der Waals surface area contributed by atoms with Crippen LogP contribution in [0.4, 0.5) is 0 Å². The van der Waals surface area contributed by atoms with Crippen molar-refractivity contribution in [2.45, 2.75) is 44.3 Å². The van der Waals surface area contributed by atoms with Crippen molar-refractivity contribution < 1.29 is 19.1 Å². The van der Waals surface area contributed by atoms with Crippen molar-refractivity contribution in [3.63, 3.8) is 0 Å². The summed E-state index contributed by atoms with van der Waals surface area (Å²) in [5.74, 6) is -0.609. The first kappa shape index (κ1) is 16.5. The van der Waals surface area contributed by atoms with E-state index in [1.54, 1.807) is 0 Å². The van der Waals surface area contributed by atoms with Gasteiger partial charge in [0.05, 0.1) is 14.2 Å². The number of carbonyl (C=O) groups excluding carboxylic acids is 2. The van der Waals surface area contributed by atoms with Gasteiger partial charge in [0.15, 0.2) is 0 Å². The van der Waals surface area contributed by atoms with Gasteiger partial charge in [0, 0.05) is 6.54 Å². The molecule has 1 heterocycles. The number of piperidine rings is 1. The molecule has 1 fully saturated rings. The van der Waals surface area contributed by atoms with E-state index in [-0.39, 0.29) is 11.9 Å². The summed E-state index contributed by atoms with van der Waals surface area (Å²) in [6, 6.07) is 9.38. The summed E-state index contributed by atoms with van der Waals surface area (Å²) in [4.78, 5) is 26.4. The molecule has 1 aromatic carbocycles. The molecule has 0 N–H and O–H groups in total. The topological polar surface area (TPSA) is 55.8 Å². The van der Waals surface area contributed by atoms with Crippen LogP contribution in [0, 0.1) is 0 Å². The fourth-order valence-corrected chi connectivity index (χ4v) is 3.17. The summed E-state index contributed by atoms with van der Waals surface area (Å²) in [6.45, 7) is 2.35. The highest BCUT2D eigenvalue weighted by atomic mass is 16.5. The van der Waals surface area contributed by atoms with E-state index in [0.717, 1.165) is 12.0 Å². The second-order valence-electron chi connectivity index (χ2n) is 5.81. The molecule has 0 aromatic heterocycles. The fourth-order valence-electron chi connectivity index (χ4n) is 3.17. The maximum absolute atomic E-state index is 12.3. The second-order valence-corrected chi connectivity index (χ2v) is 5.81. The Kier molecular flexibility index (Phi) is 5.19. The standard InChI is InChI=1S/C17H23NO4/c1-17(16(20)22-3)11-7-10-14(15(19)21-2)18(17)12-13-8-5-4-6-9-13/h4-6,8-9,14H,7,10-12H2,1-3H3/t14-,17+/m1/s1. The van der Waals surface area contributed by atoms with Crippen LogP contribution in [0.2, 0.25) is 0 Å². The normalized spacial score (nSPS) is 25.5. The Balaban J connectivity index is 2.35. The Morgan fingerprint density at radius 3 is 2.50 bits per heavy atom. The molecule has 1 aliphatic heterocycles. The maximum Gasteiger partial charge on any atom is 0.326 e. The van der Waals surface area contributed by atoms with E-state index >= 15 is 0 Å². The van der Waals surface area contributed by atoms with E-state index in [1.165, 1.54) is 14.2 Å². The first-order chi connectivity index (χ1) is 10.5. The largest absolute Gasteiger partial charge is 0.468 e. The molecule has 22 heavy (non-hydrogen) atoms. The summed E-state index contributed by atoms with van der Waals surface area (Å²) in [5, 5.41) is 0. The predicted octanol–water partition coefficient (Wildman–Crippen LogP) is 2.15. The smallest absolute Gasteiger partial charge is 0.326 e. The molecule has 2 rings (SSSR count). The van der Waals surface area contributed by atoms with Gasteiger partial charge in [-0.3, -0.25) is 14.5 Å². The number of esters is 2. The zero-order valence-corrected chi connectivity index (χ0v) is 13.4. The van der Waals surface area contributed by atoms with Gasteiger partial charge in [-0.25, -0.2) is 0 Å². The van der Waals surface area contributed by atoms with E-state index < -0.39 is 11.6 Å². The number of hydrogen-bond acceptors (Lipinski definition) is 5. The van der Waals surface area contributed by atoms with Crippen LogP contribution >= 0.6 is 0 Å². The van der Waals surface area contributed by atoms with Crippen molar-refractivity contribution in [3.05, 3.63) is 35.9 Å². The molecule has 0 spiro atoms. The first-order valence-corrected chi connectivity index (χ1v) is 7.50. The van der Waals surface area contributed by atoms with Crippen LogP contribution in [-0.4, -0.2) is 42.6 Å². The van der Waals surface area contributed by atoms with Gasteiger partial charge in [0.1, 0.15) is 11.6 Å². The molecular formula is C17H23NO4. The van der Waals surface area contributed by atoms with E-state index in [1.807, 2.05) is 42.2 Å². The molecule has 0 amide bonds. The highest BCUT2D eigenvalue weighted by Crippen LogP contribution is 2.35. The van der Waals surface area contributed by atoms with Crippen LogP contribution < -0.4 is 0 Å². The number of rotatable bonds is 4. The van der Waals surface area contributed by atoms with Crippen molar-refractivity contribution in [2.24, 2.45) is 0 Å². The number of benzene rings is 1. The molecule has 0 aliphatic carbocycles. The molecule has 5 heteroatoms. The average molecular weight is 305 g/mol. The van der Waals surface area contributed by atoms with Crippen LogP contribution in [0.15, 0.2) is 30.3 Å². The van der Waals surface area contributed by atoms with Gasteiger partial charge in [-0.2, -0.15) is 0 Å². The fraction of sp³-hybridized carbons (Fsp3) is 0.529. The van der Waals surface area contributed by atoms with Crippen LogP contribution in [0.3, 0.4) is 0 Å². The zero-order chi connectivity index (χ0) is 16.2. The molecule has 0 radical (unpaired) electrons. The summed E-state index contributed by atoms with van der Waals surface area (Å²) in [7, 11) is 2.77. The maximum atomic E-state index is 12.3. The number of likely N-dealkylation sites (tertiary alicyclic amines) is 1. The molecule has 0 saturated carbocycles. The molecule has 2 atom stereocenters. The predicted molar refractivity (Wildman–Crippen MR) is 82.1 cm³/mol. The van der Waals surface area contributed by atoms with Gasteiger partial charge in [-0.05, 0) is 31.7 Å². The van der Waals surface area contributed by atoms with Gasteiger partial charge in [-0.15, -0.1) is 0 Å². The minimum absolute atomic E-state index is 0.300. The number of carbonyl (C=O) groups is 2. The Morgan fingerprint density at radius 1 is 1.23 bits per heavy atom. The first-order valence-electron chi connectivity index (χ1n) is 7.50. The summed E-state index contributed by atoms with van der Waals surface area (Å²) in [5.41, 5.74) is 0.232. The lowest BCUT2D eigenvalue weighted by Crippen LogP contribution is -2.61. The van der Waals surface area contributed by atoms with Gasteiger partial charge in [0.2, 0.25) is 0 Å². The summed E-state index contributed by atoms with van der Waals surface area (Å²) in [6.07, 6.45) is 2.14. The summed E-state index contributed by atoms with van der Waals surface area (Å²) >= 11 is 0. The number of nitrogens with zero attached hydrogens (tertiary/aromatic N) is 1. The van der Waals surface area contributed by atoms with E-state index in [2.05, 4.69) is 0 Å². The van der Waals surface area contributed by atoms with Crippen molar-refractivity contribution in [1.82, 2.24) is 4.90 Å². The Hall–Kier alpha value is -1.88. The number of methoxy groups -OCH3 is 2. The number of hydrogen-bond donors (Lipinski definition) is 0. The molecule has 120 valence electrons. The quantitative estimate of drug-likeness (QED) is 0.798. The third-order valence-corrected chi connectivity index (χ3v) is 4.45. The minimum atomic E-state index is -0.818. The van der Waals surface area contributed by atoms with Crippen LogP contribution in [0.1, 0.15) is 31.7 Å². The SMILES string of the molecule is COC(=O)[C@H]1CCC[C@@](C)(C(=O)OC)N1Cc1ccccc1. The van der Waals surface area contributed by atoms with E-state index in [0.29, 0.717) is 19.4 Å². The number of ether oxygens (including phenoxy) is 2. The highest BCUT2D eigenvalue weighted by molar-refractivity contribution is 5.83. The lowest BCUT2D eigenvalue weighted by molar-refractivity contribution is -0.167. The van der Waals surface area contributed by atoms with Crippen LogP contribution in [0.5, 0.6) is 0 Å². The Bertz CT molecular complexity index is 531. The van der Waals surface area contributed by atoms with Gasteiger partial charge in [-0.1, -0.05) is 30.3 Å². The third-order valence-electron chi connectivity index (χ3n) is 4.45. The van der Waals surface area contributed by atoms with Crippen LogP contribution in [0.25, 0.3) is 0 Å². The minimum Gasteiger partial charge on any atom is -0.468 e. The van der Waals surface area contributed by atoms with E-state index in [4.69, 9.17) is 9.47 Å². The lowest BCUT2D eigenvalue weighted by Gasteiger charge is -2.46. The summed E-state index contributed by atoms with van der Waals surface area (Å²) < 4.78 is 9.92. The Labute approximate surface area is 131 Å². The van der Waals surface area contributed by atoms with Crippen molar-refractivity contribution in [1.29, 1.82) is 0 Å². The Morgan fingerprint density at radius 2 is 1.91 bits per heavy atom. The zero-order valence-electron chi connectivity index (χ0n) is 13.4. The third kappa shape index (κ3) is 3.14. The second kappa shape index (κ2) is 6.92. The molecule has 0 unspecified atom stereocenters. The molecule has 1 saturated heterocycles. The van der Waals surface area contributed by atoms with Gasteiger partial charge in [0.25, 0.3) is 0 Å². The average Bonchev–Trinajstić information content (AvgIpc) is 2.56. The van der Waals surface area contributed by atoms with Crippen molar-refractivity contribution >= 4 is 11.9 Å². The van der Waals surface area contributed by atoms with E-state index in [9.17, 15) is 9.59 Å². The van der Waals surface area contributed by atoms with Crippen molar-refractivity contribution in [3.8, 4) is 0 Å². The van der Waals surface area contributed by atoms with Crippen LogP contribution in [-0.2, 0) is 25.6 Å². The monoisotopic (exact) mass is 305 g/mol. The highest BCUT2D eigenvalue weighted by Gasteiger charge is 2.48. The van der Waals surface area contributed by atoms with Gasteiger partial charge >= 0.3 is 11.9 Å². The molecule has 0 bridgehead atoms. The molecule has 1 aliphatic rings.